The molecule has 7 heteroatoms. The van der Waals surface area contributed by atoms with Crippen molar-refractivity contribution in [1.29, 1.82) is 0 Å². The molecule has 2 rings (SSSR count). The van der Waals surface area contributed by atoms with Gasteiger partial charge < -0.3 is 5.32 Å². The standard InChI is InChI=1S/C8H9N5S2/c1-2-10-6-3-9-4-7(13-6)14-8-11-5-12-15-8/h3-5H,2H2,1H3,(H,10,13). The van der Waals surface area contributed by atoms with Crippen LogP contribution in [-0.2, 0) is 0 Å². The van der Waals surface area contributed by atoms with Crippen LogP contribution in [0.15, 0.2) is 28.1 Å². The number of rotatable bonds is 4. The van der Waals surface area contributed by atoms with E-state index in [1.807, 2.05) is 6.92 Å². The fraction of sp³-hybridized carbons (Fsp3) is 0.250. The Morgan fingerprint density at radius 2 is 2.40 bits per heavy atom. The van der Waals surface area contributed by atoms with Gasteiger partial charge in [-0.1, -0.05) is 0 Å². The fourth-order valence-corrected chi connectivity index (χ4v) is 2.31. The maximum absolute atomic E-state index is 4.37. The van der Waals surface area contributed by atoms with Gasteiger partial charge in [-0.05, 0) is 30.2 Å². The largest absolute Gasteiger partial charge is 0.369 e. The van der Waals surface area contributed by atoms with E-state index in [0.29, 0.717) is 0 Å². The fourth-order valence-electron chi connectivity index (χ4n) is 0.961. The molecule has 0 saturated heterocycles. The zero-order valence-electron chi connectivity index (χ0n) is 8.04. The topological polar surface area (TPSA) is 63.6 Å². The molecule has 78 valence electrons. The van der Waals surface area contributed by atoms with Crippen LogP contribution >= 0.6 is 23.3 Å². The summed E-state index contributed by atoms with van der Waals surface area (Å²) in [4.78, 5) is 12.5. The third-order valence-electron chi connectivity index (χ3n) is 1.50. The normalized spacial score (nSPS) is 10.2. The van der Waals surface area contributed by atoms with Crippen molar-refractivity contribution < 1.29 is 0 Å². The molecule has 2 aromatic rings. The minimum absolute atomic E-state index is 0.784. The molecular formula is C8H9N5S2. The molecule has 0 aliphatic heterocycles. The highest BCUT2D eigenvalue weighted by Gasteiger charge is 2.03. The lowest BCUT2D eigenvalue weighted by Gasteiger charge is -2.02. The van der Waals surface area contributed by atoms with Crippen molar-refractivity contribution >= 4 is 29.1 Å². The van der Waals surface area contributed by atoms with Crippen LogP contribution in [0, 0.1) is 0 Å². The van der Waals surface area contributed by atoms with Crippen molar-refractivity contribution in [2.45, 2.75) is 16.3 Å². The maximum Gasteiger partial charge on any atom is 0.176 e. The summed E-state index contributed by atoms with van der Waals surface area (Å²) in [5, 5.41) is 3.93. The molecule has 0 spiro atoms. The monoisotopic (exact) mass is 239 g/mol. The van der Waals surface area contributed by atoms with Gasteiger partial charge in [-0.3, -0.25) is 4.98 Å². The summed E-state index contributed by atoms with van der Waals surface area (Å²) in [5.41, 5.74) is 0. The van der Waals surface area contributed by atoms with Gasteiger partial charge in [-0.25, -0.2) is 9.97 Å². The first-order valence-electron chi connectivity index (χ1n) is 4.39. The van der Waals surface area contributed by atoms with Gasteiger partial charge in [0, 0.05) is 6.54 Å². The predicted molar refractivity (Wildman–Crippen MR) is 60.2 cm³/mol. The summed E-state index contributed by atoms with van der Waals surface area (Å²) in [6.45, 7) is 2.86. The van der Waals surface area contributed by atoms with Gasteiger partial charge in [0.1, 0.15) is 17.2 Å². The lowest BCUT2D eigenvalue weighted by molar-refractivity contribution is 1.03. The Morgan fingerprint density at radius 1 is 1.47 bits per heavy atom. The molecule has 0 aliphatic carbocycles. The van der Waals surface area contributed by atoms with E-state index in [2.05, 4.69) is 24.6 Å². The Balaban J connectivity index is 2.11. The Morgan fingerprint density at radius 3 is 3.13 bits per heavy atom. The molecule has 0 amide bonds. The van der Waals surface area contributed by atoms with Gasteiger partial charge in [0.25, 0.3) is 0 Å². The highest BCUT2D eigenvalue weighted by Crippen LogP contribution is 2.26. The molecular weight excluding hydrogens is 230 g/mol. The smallest absolute Gasteiger partial charge is 0.176 e. The highest BCUT2D eigenvalue weighted by atomic mass is 32.2. The van der Waals surface area contributed by atoms with Crippen LogP contribution in [0.1, 0.15) is 6.92 Å². The molecule has 5 nitrogen and oxygen atoms in total. The Kier molecular flexibility index (Phi) is 3.46. The van der Waals surface area contributed by atoms with E-state index in [1.165, 1.54) is 29.6 Å². The third-order valence-corrected chi connectivity index (χ3v) is 3.12. The lowest BCUT2D eigenvalue weighted by atomic mass is 10.6. The molecule has 1 N–H and O–H groups in total. The average Bonchev–Trinajstić information content (AvgIpc) is 2.71. The SMILES string of the molecule is CCNc1cncc(Sc2ncns2)n1. The van der Waals surface area contributed by atoms with Crippen LogP contribution in [0.3, 0.4) is 0 Å². The van der Waals surface area contributed by atoms with E-state index in [1.54, 1.807) is 12.4 Å². The Hall–Kier alpha value is -1.21. The Bertz CT molecular complexity index is 417. The number of nitrogens with one attached hydrogen (secondary N) is 1. The zero-order valence-corrected chi connectivity index (χ0v) is 9.68. The summed E-state index contributed by atoms with van der Waals surface area (Å²) in [6.07, 6.45) is 4.95. The second kappa shape index (κ2) is 5.04. The van der Waals surface area contributed by atoms with Gasteiger partial charge in [0.05, 0.1) is 12.4 Å². The second-order valence-corrected chi connectivity index (χ2v) is 4.63. The van der Waals surface area contributed by atoms with Gasteiger partial charge in [0.2, 0.25) is 0 Å². The highest BCUT2D eigenvalue weighted by molar-refractivity contribution is 8.00. The number of anilines is 1. The number of nitrogens with zero attached hydrogens (tertiary/aromatic N) is 4. The molecule has 0 saturated carbocycles. The molecule has 0 fully saturated rings. The van der Waals surface area contributed by atoms with E-state index in [0.717, 1.165) is 21.7 Å². The summed E-state index contributed by atoms with van der Waals surface area (Å²) < 4.78 is 4.80. The minimum atomic E-state index is 0.784. The van der Waals surface area contributed by atoms with Crippen molar-refractivity contribution in [2.24, 2.45) is 0 Å². The molecule has 0 aromatic carbocycles. The van der Waals surface area contributed by atoms with Gasteiger partial charge in [0.15, 0.2) is 4.34 Å². The zero-order chi connectivity index (χ0) is 10.5. The molecule has 0 bridgehead atoms. The van der Waals surface area contributed by atoms with Crippen LogP contribution in [0.4, 0.5) is 5.82 Å². The molecule has 2 aromatic heterocycles. The van der Waals surface area contributed by atoms with Gasteiger partial charge in [-0.15, -0.1) is 0 Å². The van der Waals surface area contributed by atoms with E-state index < -0.39 is 0 Å². The summed E-state index contributed by atoms with van der Waals surface area (Å²) in [6, 6.07) is 0. The molecule has 0 radical (unpaired) electrons. The van der Waals surface area contributed by atoms with Gasteiger partial charge >= 0.3 is 0 Å². The first kappa shape index (κ1) is 10.3. The minimum Gasteiger partial charge on any atom is -0.369 e. The second-order valence-electron chi connectivity index (χ2n) is 2.58. The average molecular weight is 239 g/mol. The van der Waals surface area contributed by atoms with Crippen molar-refractivity contribution in [3.05, 3.63) is 18.7 Å². The molecule has 15 heavy (non-hydrogen) atoms. The number of aromatic nitrogens is 4. The molecule has 0 aliphatic rings. The number of hydrogen-bond donors (Lipinski definition) is 1. The molecule has 2 heterocycles. The van der Waals surface area contributed by atoms with Crippen LogP contribution < -0.4 is 5.32 Å². The van der Waals surface area contributed by atoms with E-state index in [4.69, 9.17) is 0 Å². The first-order chi connectivity index (χ1) is 7.38. The lowest BCUT2D eigenvalue weighted by Crippen LogP contribution is -1.99. The van der Waals surface area contributed by atoms with Crippen molar-refractivity contribution in [2.75, 3.05) is 11.9 Å². The predicted octanol–water partition coefficient (Wildman–Crippen LogP) is 1.91. The van der Waals surface area contributed by atoms with Crippen LogP contribution in [0.25, 0.3) is 0 Å². The van der Waals surface area contributed by atoms with Crippen molar-refractivity contribution in [3.63, 3.8) is 0 Å². The Labute approximate surface area is 95.6 Å². The van der Waals surface area contributed by atoms with Crippen molar-refractivity contribution in [3.8, 4) is 0 Å². The van der Waals surface area contributed by atoms with Crippen molar-refractivity contribution in [1.82, 2.24) is 19.3 Å². The quantitative estimate of drug-likeness (QED) is 0.879. The maximum atomic E-state index is 4.37. The van der Waals surface area contributed by atoms with E-state index >= 15 is 0 Å². The van der Waals surface area contributed by atoms with Crippen LogP contribution in [-0.4, -0.2) is 25.9 Å². The van der Waals surface area contributed by atoms with E-state index in [-0.39, 0.29) is 0 Å². The summed E-state index contributed by atoms with van der Waals surface area (Å²) in [7, 11) is 0. The summed E-state index contributed by atoms with van der Waals surface area (Å²) >= 11 is 2.82. The third kappa shape index (κ3) is 2.87. The van der Waals surface area contributed by atoms with Crippen LogP contribution in [0.2, 0.25) is 0 Å². The van der Waals surface area contributed by atoms with Crippen LogP contribution in [0.5, 0.6) is 0 Å². The number of hydrogen-bond acceptors (Lipinski definition) is 7. The molecule has 0 unspecified atom stereocenters. The van der Waals surface area contributed by atoms with E-state index in [9.17, 15) is 0 Å². The van der Waals surface area contributed by atoms with Gasteiger partial charge in [-0.2, -0.15) is 4.37 Å². The summed E-state index contributed by atoms with van der Waals surface area (Å²) in [5.74, 6) is 0.784. The first-order valence-corrected chi connectivity index (χ1v) is 5.98. The molecule has 0 atom stereocenters.